The lowest BCUT2D eigenvalue weighted by atomic mass is 10.1. The number of carbonyl (C=O) groups is 2. The van der Waals surface area contributed by atoms with Crippen LogP contribution in [-0.2, 0) is 9.59 Å². The minimum atomic E-state index is -0.616. The van der Waals surface area contributed by atoms with Crippen LogP contribution in [0.25, 0.3) is 0 Å². The van der Waals surface area contributed by atoms with Gasteiger partial charge >= 0.3 is 0 Å². The summed E-state index contributed by atoms with van der Waals surface area (Å²) in [5.74, 6) is 1.39. The monoisotopic (exact) mass is 384 g/mol. The number of fused-ring (bicyclic) bond motifs is 1. The molecule has 3 heterocycles. The van der Waals surface area contributed by atoms with Gasteiger partial charge in [0.25, 0.3) is 5.91 Å². The lowest BCUT2D eigenvalue weighted by Crippen LogP contribution is -2.52. The number of aryl methyl sites for hydroxylation is 1. The molecular formula is C20H24N4O4. The Labute approximate surface area is 163 Å². The van der Waals surface area contributed by atoms with Crippen molar-refractivity contribution in [1.82, 2.24) is 10.1 Å². The molecule has 1 saturated heterocycles. The number of nitrogens with zero attached hydrogens (tertiary/aromatic N) is 3. The Morgan fingerprint density at radius 3 is 2.75 bits per heavy atom. The Morgan fingerprint density at radius 2 is 2.00 bits per heavy atom. The minimum absolute atomic E-state index is 0.00765. The molecule has 2 aliphatic heterocycles. The highest BCUT2D eigenvalue weighted by atomic mass is 16.5. The molecule has 1 atom stereocenters. The molecule has 1 aromatic heterocycles. The van der Waals surface area contributed by atoms with Gasteiger partial charge in [-0.05, 0) is 38.3 Å². The number of carbonyl (C=O) groups excluding carboxylic acids is 2. The predicted molar refractivity (Wildman–Crippen MR) is 103 cm³/mol. The number of amides is 2. The number of ether oxygens (including phenoxy) is 1. The van der Waals surface area contributed by atoms with Crippen molar-refractivity contribution in [2.75, 3.05) is 36.4 Å². The number of benzene rings is 1. The first-order valence-corrected chi connectivity index (χ1v) is 9.63. The molecule has 0 unspecified atom stereocenters. The van der Waals surface area contributed by atoms with Crippen LogP contribution in [0.15, 0.2) is 34.9 Å². The fourth-order valence-corrected chi connectivity index (χ4v) is 3.68. The summed E-state index contributed by atoms with van der Waals surface area (Å²) >= 11 is 0. The molecule has 2 aromatic rings. The van der Waals surface area contributed by atoms with E-state index in [1.165, 1.54) is 0 Å². The van der Waals surface area contributed by atoms with Crippen LogP contribution >= 0.6 is 0 Å². The molecule has 1 aromatic carbocycles. The molecule has 2 amide bonds. The molecule has 8 heteroatoms. The molecule has 28 heavy (non-hydrogen) atoms. The second-order valence-corrected chi connectivity index (χ2v) is 7.21. The topological polar surface area (TPSA) is 87.9 Å². The number of para-hydroxylation sites is 2. The zero-order valence-electron chi connectivity index (χ0n) is 15.9. The number of hydrogen-bond acceptors (Lipinski definition) is 6. The number of hydrogen-bond donors (Lipinski definition) is 1. The summed E-state index contributed by atoms with van der Waals surface area (Å²) < 4.78 is 11.0. The van der Waals surface area contributed by atoms with Gasteiger partial charge in [-0.1, -0.05) is 17.3 Å². The largest absolute Gasteiger partial charge is 0.477 e. The zero-order valence-corrected chi connectivity index (χ0v) is 15.9. The van der Waals surface area contributed by atoms with Gasteiger partial charge in [0.15, 0.2) is 11.9 Å². The van der Waals surface area contributed by atoms with Gasteiger partial charge in [0.05, 0.1) is 18.8 Å². The van der Waals surface area contributed by atoms with Crippen molar-refractivity contribution in [3.8, 4) is 5.75 Å². The second kappa shape index (κ2) is 7.92. The van der Waals surface area contributed by atoms with Gasteiger partial charge in [-0.3, -0.25) is 9.59 Å². The third kappa shape index (κ3) is 3.95. The van der Waals surface area contributed by atoms with E-state index in [0.29, 0.717) is 23.9 Å². The smallest absolute Gasteiger partial charge is 0.265 e. The second-order valence-electron chi connectivity index (χ2n) is 7.21. The van der Waals surface area contributed by atoms with Gasteiger partial charge in [-0.2, -0.15) is 0 Å². The van der Waals surface area contributed by atoms with E-state index < -0.39 is 6.10 Å². The molecule has 1 fully saturated rings. The van der Waals surface area contributed by atoms with Gasteiger partial charge in [0, 0.05) is 19.2 Å². The molecule has 2 aliphatic rings. The maximum Gasteiger partial charge on any atom is 0.265 e. The van der Waals surface area contributed by atoms with Crippen LogP contribution in [0.2, 0.25) is 0 Å². The minimum Gasteiger partial charge on any atom is -0.477 e. The molecule has 0 aliphatic carbocycles. The summed E-state index contributed by atoms with van der Waals surface area (Å²) in [5, 5.41) is 6.51. The van der Waals surface area contributed by atoms with Crippen LogP contribution in [0.3, 0.4) is 0 Å². The molecule has 1 N–H and O–H groups in total. The van der Waals surface area contributed by atoms with Gasteiger partial charge in [0.2, 0.25) is 5.91 Å². The molecule has 4 rings (SSSR count). The number of nitrogens with one attached hydrogen (secondary N) is 1. The van der Waals surface area contributed by atoms with Crippen molar-refractivity contribution < 1.29 is 18.8 Å². The quantitative estimate of drug-likeness (QED) is 0.870. The molecule has 0 bridgehead atoms. The lowest BCUT2D eigenvalue weighted by molar-refractivity contribution is -0.139. The van der Waals surface area contributed by atoms with Crippen LogP contribution in [0.1, 0.15) is 25.0 Å². The molecular weight excluding hydrogens is 360 g/mol. The Hall–Kier alpha value is -3.03. The molecule has 0 saturated carbocycles. The van der Waals surface area contributed by atoms with E-state index in [-0.39, 0.29) is 18.4 Å². The predicted octanol–water partition coefficient (Wildman–Crippen LogP) is 2.20. The highest BCUT2D eigenvalue weighted by Gasteiger charge is 2.34. The maximum atomic E-state index is 12.9. The van der Waals surface area contributed by atoms with E-state index in [0.717, 1.165) is 38.0 Å². The van der Waals surface area contributed by atoms with Gasteiger partial charge < -0.3 is 24.4 Å². The molecule has 0 spiro atoms. The fourth-order valence-electron chi connectivity index (χ4n) is 3.68. The third-order valence-corrected chi connectivity index (χ3v) is 5.03. The van der Waals surface area contributed by atoms with E-state index in [1.807, 2.05) is 34.1 Å². The van der Waals surface area contributed by atoms with Crippen molar-refractivity contribution in [1.29, 1.82) is 0 Å². The number of aromatic nitrogens is 1. The van der Waals surface area contributed by atoms with E-state index in [9.17, 15) is 9.59 Å². The van der Waals surface area contributed by atoms with Crippen LogP contribution in [0, 0.1) is 6.92 Å². The first-order valence-electron chi connectivity index (χ1n) is 9.63. The van der Waals surface area contributed by atoms with Crippen LogP contribution in [-0.4, -0.2) is 54.2 Å². The third-order valence-electron chi connectivity index (χ3n) is 5.03. The van der Waals surface area contributed by atoms with Crippen molar-refractivity contribution in [3.63, 3.8) is 0 Å². The van der Waals surface area contributed by atoms with Crippen LogP contribution in [0.5, 0.6) is 5.75 Å². The summed E-state index contributed by atoms with van der Waals surface area (Å²) in [6.45, 7) is 3.73. The van der Waals surface area contributed by atoms with E-state index >= 15 is 0 Å². The summed E-state index contributed by atoms with van der Waals surface area (Å²) in [4.78, 5) is 29.2. The first kappa shape index (κ1) is 18.3. The van der Waals surface area contributed by atoms with E-state index in [2.05, 4.69) is 10.5 Å². The molecule has 8 nitrogen and oxygen atoms in total. The number of piperidine rings is 1. The Balaban J connectivity index is 1.48. The SMILES string of the molecule is Cc1cc(NC(=O)CN2C[C@@H](C(=O)N3CCCCC3)Oc3ccccc32)no1. The number of anilines is 2. The average Bonchev–Trinajstić information content (AvgIpc) is 3.12. The van der Waals surface area contributed by atoms with Crippen molar-refractivity contribution >= 4 is 23.3 Å². The summed E-state index contributed by atoms with van der Waals surface area (Å²) in [6.07, 6.45) is 2.60. The fraction of sp³-hybridized carbons (Fsp3) is 0.450. The van der Waals surface area contributed by atoms with E-state index in [1.54, 1.807) is 13.0 Å². The average molecular weight is 384 g/mol. The lowest BCUT2D eigenvalue weighted by Gasteiger charge is -2.38. The van der Waals surface area contributed by atoms with Crippen LogP contribution < -0.4 is 15.0 Å². The van der Waals surface area contributed by atoms with Crippen molar-refractivity contribution in [2.24, 2.45) is 0 Å². The normalized spacial score (nSPS) is 19.0. The standard InChI is InChI=1S/C20H24N4O4/c1-14-11-18(22-28-14)21-19(25)13-24-12-17(20(26)23-9-5-2-6-10-23)27-16-8-4-3-7-15(16)24/h3-4,7-8,11,17H,2,5-6,9-10,12-13H2,1H3,(H,21,22,25)/t17-/m0/s1. The van der Waals surface area contributed by atoms with Gasteiger partial charge in [-0.25, -0.2) is 0 Å². The van der Waals surface area contributed by atoms with Crippen molar-refractivity contribution in [3.05, 3.63) is 36.1 Å². The highest BCUT2D eigenvalue weighted by molar-refractivity contribution is 5.94. The van der Waals surface area contributed by atoms with E-state index in [4.69, 9.17) is 9.26 Å². The molecule has 148 valence electrons. The summed E-state index contributed by atoms with van der Waals surface area (Å²) in [5.41, 5.74) is 0.802. The number of rotatable bonds is 4. The highest BCUT2D eigenvalue weighted by Crippen LogP contribution is 2.33. The molecule has 0 radical (unpaired) electrons. The van der Waals surface area contributed by atoms with Gasteiger partial charge in [-0.15, -0.1) is 0 Å². The summed E-state index contributed by atoms with van der Waals surface area (Å²) in [6, 6.07) is 9.14. The Bertz CT molecular complexity index is 859. The summed E-state index contributed by atoms with van der Waals surface area (Å²) in [7, 11) is 0. The van der Waals surface area contributed by atoms with Gasteiger partial charge in [0.1, 0.15) is 11.5 Å². The van der Waals surface area contributed by atoms with Crippen LogP contribution in [0.4, 0.5) is 11.5 Å². The Kier molecular flexibility index (Phi) is 5.18. The zero-order chi connectivity index (χ0) is 19.5. The maximum absolute atomic E-state index is 12.9. The first-order chi connectivity index (χ1) is 13.6. The Morgan fingerprint density at radius 1 is 1.21 bits per heavy atom. The van der Waals surface area contributed by atoms with Crippen molar-refractivity contribution in [2.45, 2.75) is 32.3 Å². The number of likely N-dealkylation sites (tertiary alicyclic amines) is 1.